The standard InChI is InChI=1S/C16H24N2O3/c1-4-14-10-13-11-15(18(19)20)6-7-16(13)17(14)8-5-9-21-12(2)3/h6-7,11-12,14H,4-5,8-10H2,1-3H3. The second kappa shape index (κ2) is 6.89. The molecule has 1 aliphatic heterocycles. The molecule has 1 unspecified atom stereocenters. The Hall–Kier alpha value is -1.62. The van der Waals surface area contributed by atoms with Crippen molar-refractivity contribution in [1.82, 2.24) is 0 Å². The van der Waals surface area contributed by atoms with Crippen LogP contribution >= 0.6 is 0 Å². The van der Waals surface area contributed by atoms with E-state index in [2.05, 4.69) is 11.8 Å². The van der Waals surface area contributed by atoms with E-state index in [-0.39, 0.29) is 16.7 Å². The summed E-state index contributed by atoms with van der Waals surface area (Å²) in [7, 11) is 0. The van der Waals surface area contributed by atoms with E-state index in [0.717, 1.165) is 43.7 Å². The van der Waals surface area contributed by atoms with Crippen LogP contribution in [0.3, 0.4) is 0 Å². The zero-order valence-corrected chi connectivity index (χ0v) is 13.0. The van der Waals surface area contributed by atoms with Crippen LogP contribution in [0.25, 0.3) is 0 Å². The van der Waals surface area contributed by atoms with Crippen molar-refractivity contribution in [2.24, 2.45) is 0 Å². The van der Waals surface area contributed by atoms with Gasteiger partial charge < -0.3 is 9.64 Å². The third-order valence-electron chi connectivity index (χ3n) is 3.95. The summed E-state index contributed by atoms with van der Waals surface area (Å²) in [5.74, 6) is 0. The van der Waals surface area contributed by atoms with E-state index >= 15 is 0 Å². The first-order valence-electron chi connectivity index (χ1n) is 7.68. The number of rotatable bonds is 7. The summed E-state index contributed by atoms with van der Waals surface area (Å²) in [4.78, 5) is 12.9. The highest BCUT2D eigenvalue weighted by molar-refractivity contribution is 5.62. The lowest BCUT2D eigenvalue weighted by molar-refractivity contribution is -0.384. The van der Waals surface area contributed by atoms with Gasteiger partial charge in [-0.2, -0.15) is 0 Å². The molecule has 0 saturated heterocycles. The fourth-order valence-corrected chi connectivity index (χ4v) is 2.91. The Morgan fingerprint density at radius 1 is 1.48 bits per heavy atom. The number of fused-ring (bicyclic) bond motifs is 1. The average Bonchev–Trinajstić information content (AvgIpc) is 2.80. The molecule has 0 aliphatic carbocycles. The van der Waals surface area contributed by atoms with Crippen LogP contribution in [0.1, 0.15) is 39.2 Å². The summed E-state index contributed by atoms with van der Waals surface area (Å²) >= 11 is 0. The Bertz CT molecular complexity index is 502. The molecule has 1 aromatic carbocycles. The summed E-state index contributed by atoms with van der Waals surface area (Å²) in [5.41, 5.74) is 2.44. The highest BCUT2D eigenvalue weighted by atomic mass is 16.6. The van der Waals surface area contributed by atoms with Crippen molar-refractivity contribution in [3.8, 4) is 0 Å². The molecule has 1 atom stereocenters. The summed E-state index contributed by atoms with van der Waals surface area (Å²) in [6.07, 6.45) is 3.19. The van der Waals surface area contributed by atoms with Crippen LogP contribution in [0.5, 0.6) is 0 Å². The number of non-ortho nitro benzene ring substituents is 1. The largest absolute Gasteiger partial charge is 0.379 e. The molecule has 1 heterocycles. The first-order chi connectivity index (χ1) is 10.0. The maximum absolute atomic E-state index is 10.9. The van der Waals surface area contributed by atoms with Gasteiger partial charge in [0, 0.05) is 37.0 Å². The normalized spacial score (nSPS) is 17.3. The predicted octanol–water partition coefficient (Wildman–Crippen LogP) is 3.55. The van der Waals surface area contributed by atoms with Crippen molar-refractivity contribution in [2.75, 3.05) is 18.1 Å². The number of hydrogen-bond donors (Lipinski definition) is 0. The van der Waals surface area contributed by atoms with E-state index in [1.807, 2.05) is 19.9 Å². The smallest absolute Gasteiger partial charge is 0.269 e. The molecule has 0 fully saturated rings. The maximum Gasteiger partial charge on any atom is 0.269 e. The lowest BCUT2D eigenvalue weighted by atomic mass is 10.1. The monoisotopic (exact) mass is 292 g/mol. The molecule has 1 aliphatic rings. The Morgan fingerprint density at radius 2 is 2.24 bits per heavy atom. The van der Waals surface area contributed by atoms with Crippen LogP contribution in [0.4, 0.5) is 11.4 Å². The molecule has 0 N–H and O–H groups in total. The number of nitro benzene ring substituents is 1. The SMILES string of the molecule is CCC1Cc2cc([N+](=O)[O-])ccc2N1CCCOC(C)C. The molecule has 5 nitrogen and oxygen atoms in total. The fraction of sp³-hybridized carbons (Fsp3) is 0.625. The Labute approximate surface area is 126 Å². The van der Waals surface area contributed by atoms with Gasteiger partial charge in [0.1, 0.15) is 0 Å². The van der Waals surface area contributed by atoms with Gasteiger partial charge in [-0.25, -0.2) is 0 Å². The second-order valence-electron chi connectivity index (χ2n) is 5.80. The number of nitrogens with zero attached hydrogens (tertiary/aromatic N) is 2. The highest BCUT2D eigenvalue weighted by Gasteiger charge is 2.28. The van der Waals surface area contributed by atoms with Crippen molar-refractivity contribution in [3.05, 3.63) is 33.9 Å². The molecule has 0 amide bonds. The quantitative estimate of drug-likeness (QED) is 0.438. The van der Waals surface area contributed by atoms with Gasteiger partial charge >= 0.3 is 0 Å². The van der Waals surface area contributed by atoms with Gasteiger partial charge in [-0.1, -0.05) is 6.92 Å². The van der Waals surface area contributed by atoms with Gasteiger partial charge in [0.25, 0.3) is 5.69 Å². The third-order valence-corrected chi connectivity index (χ3v) is 3.95. The summed E-state index contributed by atoms with van der Waals surface area (Å²) < 4.78 is 5.59. The molecule has 0 saturated carbocycles. The molecule has 0 spiro atoms. The van der Waals surface area contributed by atoms with Crippen LogP contribution in [-0.4, -0.2) is 30.2 Å². The van der Waals surface area contributed by atoms with Crippen molar-refractivity contribution >= 4 is 11.4 Å². The molecule has 21 heavy (non-hydrogen) atoms. The van der Waals surface area contributed by atoms with Gasteiger partial charge in [0.15, 0.2) is 0 Å². The zero-order valence-electron chi connectivity index (χ0n) is 13.0. The van der Waals surface area contributed by atoms with Gasteiger partial charge in [0.05, 0.1) is 11.0 Å². The van der Waals surface area contributed by atoms with E-state index in [0.29, 0.717) is 6.04 Å². The molecule has 1 aromatic rings. The minimum absolute atomic E-state index is 0.189. The van der Waals surface area contributed by atoms with Crippen LogP contribution in [0, 0.1) is 10.1 Å². The van der Waals surface area contributed by atoms with E-state index in [1.165, 1.54) is 0 Å². The molecule has 0 bridgehead atoms. The first kappa shape index (κ1) is 15.8. The number of benzene rings is 1. The van der Waals surface area contributed by atoms with Crippen LogP contribution in [0.2, 0.25) is 0 Å². The molecular formula is C16H24N2O3. The average molecular weight is 292 g/mol. The van der Waals surface area contributed by atoms with Crippen LogP contribution < -0.4 is 4.90 Å². The van der Waals surface area contributed by atoms with Gasteiger partial charge in [-0.3, -0.25) is 10.1 Å². The lowest BCUT2D eigenvalue weighted by Gasteiger charge is -2.27. The van der Waals surface area contributed by atoms with Crippen molar-refractivity contribution in [3.63, 3.8) is 0 Å². The Kier molecular flexibility index (Phi) is 5.17. The molecule has 0 radical (unpaired) electrons. The van der Waals surface area contributed by atoms with E-state index < -0.39 is 0 Å². The minimum Gasteiger partial charge on any atom is -0.379 e. The Morgan fingerprint density at radius 3 is 2.86 bits per heavy atom. The van der Waals surface area contributed by atoms with Crippen LogP contribution in [-0.2, 0) is 11.2 Å². The summed E-state index contributed by atoms with van der Waals surface area (Å²) in [5, 5.41) is 10.9. The third kappa shape index (κ3) is 3.73. The van der Waals surface area contributed by atoms with E-state index in [4.69, 9.17) is 4.74 Å². The van der Waals surface area contributed by atoms with Crippen LogP contribution in [0.15, 0.2) is 18.2 Å². The van der Waals surface area contributed by atoms with E-state index in [9.17, 15) is 10.1 Å². The zero-order chi connectivity index (χ0) is 15.4. The van der Waals surface area contributed by atoms with Crippen molar-refractivity contribution in [1.29, 1.82) is 0 Å². The predicted molar refractivity (Wildman–Crippen MR) is 83.9 cm³/mol. The maximum atomic E-state index is 10.9. The number of anilines is 1. The van der Waals surface area contributed by atoms with Crippen molar-refractivity contribution in [2.45, 2.75) is 52.2 Å². The van der Waals surface area contributed by atoms with Gasteiger partial charge in [-0.15, -0.1) is 0 Å². The van der Waals surface area contributed by atoms with Gasteiger partial charge in [0.2, 0.25) is 0 Å². The summed E-state index contributed by atoms with van der Waals surface area (Å²) in [6.45, 7) is 7.95. The number of ether oxygens (including phenoxy) is 1. The summed E-state index contributed by atoms with van der Waals surface area (Å²) in [6, 6.07) is 5.67. The molecule has 0 aromatic heterocycles. The Balaban J connectivity index is 2.06. The number of nitro groups is 1. The van der Waals surface area contributed by atoms with E-state index in [1.54, 1.807) is 12.1 Å². The topological polar surface area (TPSA) is 55.6 Å². The molecule has 5 heteroatoms. The number of hydrogen-bond acceptors (Lipinski definition) is 4. The first-order valence-corrected chi connectivity index (χ1v) is 7.68. The second-order valence-corrected chi connectivity index (χ2v) is 5.80. The molecule has 2 rings (SSSR count). The minimum atomic E-state index is -0.319. The lowest BCUT2D eigenvalue weighted by Crippen LogP contribution is -2.32. The molecule has 116 valence electrons. The van der Waals surface area contributed by atoms with Crippen molar-refractivity contribution < 1.29 is 9.66 Å². The fourth-order valence-electron chi connectivity index (χ4n) is 2.91. The highest BCUT2D eigenvalue weighted by Crippen LogP contribution is 2.35. The molecular weight excluding hydrogens is 268 g/mol. The van der Waals surface area contributed by atoms with Gasteiger partial charge in [-0.05, 0) is 44.7 Å².